The molecule has 3 N–H and O–H groups in total. The minimum absolute atomic E-state index is 0.0663. The summed E-state index contributed by atoms with van der Waals surface area (Å²) in [6, 6.07) is 4.98. The maximum atomic E-state index is 13.3. The van der Waals surface area contributed by atoms with Gasteiger partial charge in [-0.25, -0.2) is 12.8 Å². The van der Waals surface area contributed by atoms with Crippen LogP contribution in [0.5, 0.6) is 0 Å². The first-order valence-corrected chi connectivity index (χ1v) is 12.0. The van der Waals surface area contributed by atoms with Crippen LogP contribution < -0.4 is 10.0 Å². The Morgan fingerprint density at radius 2 is 1.93 bits per heavy atom. The van der Waals surface area contributed by atoms with E-state index < -0.39 is 15.8 Å². The van der Waals surface area contributed by atoms with Gasteiger partial charge in [0.15, 0.2) is 10.9 Å². The number of hydrogen-bond donors (Lipinski definition) is 3. The molecule has 1 atom stereocenters. The van der Waals surface area contributed by atoms with E-state index in [1.54, 1.807) is 0 Å². The number of nitrogens with one attached hydrogen (secondary N) is 2. The Morgan fingerprint density at radius 3 is 2.53 bits per heavy atom. The molecule has 1 heterocycles. The number of nitrogens with zero attached hydrogens (tertiary/aromatic N) is 3. The molecular formula is C18H24FN5O4S2. The topological polar surface area (TPSA) is 134 Å². The Kier molecular flexibility index (Phi) is 8.50. The maximum absolute atomic E-state index is 13.3. The molecule has 0 aliphatic rings. The molecule has 0 unspecified atom stereocenters. The number of Topliss-reactive ketones (excluding diaryl/α,β-unsaturated/α-hetero) is 1. The van der Waals surface area contributed by atoms with Crippen molar-refractivity contribution >= 4 is 39.5 Å². The minimum Gasteiger partial charge on any atom is -0.394 e. The number of carbonyl (C=O) groups excluding carboxylic acids is 1. The predicted octanol–water partition coefficient (Wildman–Crippen LogP) is 2.18. The number of thioether (sulfide) groups is 1. The highest BCUT2D eigenvalue weighted by Crippen LogP contribution is 2.20. The molecule has 0 aliphatic carbocycles. The number of hydrogen-bond acceptors (Lipinski definition) is 9. The molecule has 0 amide bonds. The fourth-order valence-corrected chi connectivity index (χ4v) is 3.65. The van der Waals surface area contributed by atoms with Crippen LogP contribution in [-0.4, -0.2) is 58.9 Å². The zero-order chi connectivity index (χ0) is 22.3. The lowest BCUT2D eigenvalue weighted by atomic mass is 10.0. The first-order valence-electron chi connectivity index (χ1n) is 9.08. The van der Waals surface area contributed by atoms with Crippen LogP contribution in [-0.2, 0) is 10.0 Å². The Labute approximate surface area is 179 Å². The second-order valence-electron chi connectivity index (χ2n) is 7.02. The number of carbonyl (C=O) groups is 1. The van der Waals surface area contributed by atoms with Crippen LogP contribution in [0.1, 0.15) is 30.6 Å². The van der Waals surface area contributed by atoms with Crippen molar-refractivity contribution in [1.29, 1.82) is 0 Å². The Bertz CT molecular complexity index is 988. The van der Waals surface area contributed by atoms with E-state index in [1.165, 1.54) is 18.2 Å². The van der Waals surface area contributed by atoms with Gasteiger partial charge < -0.3 is 10.4 Å². The smallest absolute Gasteiger partial charge is 0.242 e. The fourth-order valence-electron chi connectivity index (χ4n) is 2.50. The van der Waals surface area contributed by atoms with E-state index in [0.29, 0.717) is 12.3 Å². The lowest BCUT2D eigenvalue weighted by Gasteiger charge is -2.18. The third-order valence-corrected chi connectivity index (χ3v) is 5.08. The van der Waals surface area contributed by atoms with Gasteiger partial charge in [0.25, 0.3) is 0 Å². The van der Waals surface area contributed by atoms with E-state index in [9.17, 15) is 22.7 Å². The number of anilines is 2. The minimum atomic E-state index is -3.64. The fraction of sp³-hybridized carbons (Fsp3) is 0.444. The summed E-state index contributed by atoms with van der Waals surface area (Å²) in [6.45, 7) is 3.82. The van der Waals surface area contributed by atoms with Crippen LogP contribution in [0.3, 0.4) is 0 Å². The van der Waals surface area contributed by atoms with Gasteiger partial charge in [0.05, 0.1) is 24.7 Å². The summed E-state index contributed by atoms with van der Waals surface area (Å²) in [5.74, 6) is -0.783. The number of rotatable bonds is 11. The van der Waals surface area contributed by atoms with Crippen molar-refractivity contribution < 1.29 is 22.7 Å². The maximum Gasteiger partial charge on any atom is 0.242 e. The van der Waals surface area contributed by atoms with E-state index in [4.69, 9.17) is 0 Å². The number of ketones is 1. The number of aromatic nitrogens is 3. The van der Waals surface area contributed by atoms with Gasteiger partial charge in [0.2, 0.25) is 21.9 Å². The summed E-state index contributed by atoms with van der Waals surface area (Å²) in [6.07, 6.45) is 1.59. The monoisotopic (exact) mass is 457 g/mol. The molecule has 0 saturated heterocycles. The normalized spacial score (nSPS) is 12.6. The number of aliphatic hydroxyl groups excluding tert-OH is 1. The van der Waals surface area contributed by atoms with Gasteiger partial charge in [-0.2, -0.15) is 15.0 Å². The van der Waals surface area contributed by atoms with E-state index >= 15 is 0 Å². The first-order chi connectivity index (χ1) is 14.1. The summed E-state index contributed by atoms with van der Waals surface area (Å²) in [5.41, 5.74) is 0.210. The first kappa shape index (κ1) is 24.0. The van der Waals surface area contributed by atoms with Crippen LogP contribution in [0, 0.1) is 11.7 Å². The number of benzene rings is 1. The zero-order valence-electron chi connectivity index (χ0n) is 16.8. The van der Waals surface area contributed by atoms with E-state index in [1.807, 2.05) is 13.8 Å². The van der Waals surface area contributed by atoms with Gasteiger partial charge in [-0.3, -0.25) is 9.52 Å². The van der Waals surface area contributed by atoms with Crippen molar-refractivity contribution in [1.82, 2.24) is 15.0 Å². The molecule has 0 saturated carbocycles. The number of halogens is 1. The van der Waals surface area contributed by atoms with Crippen molar-refractivity contribution in [3.05, 3.63) is 35.6 Å². The van der Waals surface area contributed by atoms with Gasteiger partial charge in [-0.05, 0) is 24.5 Å². The number of aliphatic hydroxyl groups is 1. The summed E-state index contributed by atoms with van der Waals surface area (Å²) < 4.78 is 38.6. The van der Waals surface area contributed by atoms with Crippen molar-refractivity contribution in [2.45, 2.75) is 31.5 Å². The molecule has 0 radical (unpaired) electrons. The highest BCUT2D eigenvalue weighted by atomic mass is 32.2. The van der Waals surface area contributed by atoms with Crippen LogP contribution in [0.2, 0.25) is 0 Å². The molecule has 0 bridgehead atoms. The Morgan fingerprint density at radius 1 is 1.23 bits per heavy atom. The highest BCUT2D eigenvalue weighted by Gasteiger charge is 2.16. The predicted molar refractivity (Wildman–Crippen MR) is 114 cm³/mol. The SMILES string of the molecule is CC(C)C[C@H](CO)Nc1nc(NS(C)(=O)=O)nc(SCC(=O)c2cccc(F)c2)n1. The lowest BCUT2D eigenvalue weighted by Crippen LogP contribution is -2.27. The van der Waals surface area contributed by atoms with Crippen LogP contribution in [0.15, 0.2) is 29.4 Å². The quantitative estimate of drug-likeness (QED) is 0.343. The lowest BCUT2D eigenvalue weighted by molar-refractivity contribution is 0.102. The van der Waals surface area contributed by atoms with Gasteiger partial charge in [-0.15, -0.1) is 0 Å². The van der Waals surface area contributed by atoms with Gasteiger partial charge in [-0.1, -0.05) is 37.7 Å². The van der Waals surface area contributed by atoms with E-state index in [-0.39, 0.29) is 46.8 Å². The number of sulfonamides is 1. The zero-order valence-corrected chi connectivity index (χ0v) is 18.4. The third-order valence-electron chi connectivity index (χ3n) is 3.68. The molecule has 12 heteroatoms. The van der Waals surface area contributed by atoms with Crippen LogP contribution in [0.4, 0.5) is 16.3 Å². The molecule has 164 valence electrons. The van der Waals surface area contributed by atoms with Gasteiger partial charge in [0.1, 0.15) is 5.82 Å². The standard InChI is InChI=1S/C18H24FN5O4S2/c1-11(2)7-14(9-25)20-16-21-17(24-30(3,27)28)23-18(22-16)29-10-15(26)12-5-4-6-13(19)8-12/h4-6,8,11,14,25H,7,9-10H2,1-3H3,(H2,20,21,22,23,24)/t14-/m1/s1. The molecule has 0 spiro atoms. The van der Waals surface area contributed by atoms with Crippen molar-refractivity contribution in [2.75, 3.05) is 28.7 Å². The van der Waals surface area contributed by atoms with Crippen LogP contribution in [0.25, 0.3) is 0 Å². The van der Waals surface area contributed by atoms with E-state index in [0.717, 1.165) is 24.1 Å². The van der Waals surface area contributed by atoms with Crippen molar-refractivity contribution in [3.63, 3.8) is 0 Å². The van der Waals surface area contributed by atoms with E-state index in [2.05, 4.69) is 25.0 Å². The average Bonchev–Trinajstić information content (AvgIpc) is 2.63. The average molecular weight is 458 g/mol. The Hall–Kier alpha value is -2.31. The second-order valence-corrected chi connectivity index (χ2v) is 9.71. The molecule has 9 nitrogen and oxygen atoms in total. The van der Waals surface area contributed by atoms with Crippen molar-refractivity contribution in [2.24, 2.45) is 5.92 Å². The van der Waals surface area contributed by atoms with Gasteiger partial charge >= 0.3 is 0 Å². The molecular weight excluding hydrogens is 433 g/mol. The summed E-state index contributed by atoms with van der Waals surface area (Å²) in [4.78, 5) is 24.5. The summed E-state index contributed by atoms with van der Waals surface area (Å²) >= 11 is 0.961. The largest absolute Gasteiger partial charge is 0.394 e. The summed E-state index contributed by atoms with van der Waals surface area (Å²) in [5, 5.41) is 12.6. The van der Waals surface area contributed by atoms with Gasteiger partial charge in [0, 0.05) is 5.56 Å². The Balaban J connectivity index is 2.21. The van der Waals surface area contributed by atoms with Crippen molar-refractivity contribution in [3.8, 4) is 0 Å². The van der Waals surface area contributed by atoms with Crippen LogP contribution >= 0.6 is 11.8 Å². The second kappa shape index (κ2) is 10.6. The molecule has 0 aliphatic heterocycles. The molecule has 1 aromatic carbocycles. The molecule has 1 aromatic heterocycles. The highest BCUT2D eigenvalue weighted by molar-refractivity contribution is 7.99. The molecule has 0 fully saturated rings. The molecule has 2 rings (SSSR count). The third kappa shape index (κ3) is 8.20. The molecule has 30 heavy (non-hydrogen) atoms. The summed E-state index contributed by atoms with van der Waals surface area (Å²) in [7, 11) is -3.64. The molecule has 2 aromatic rings.